The van der Waals surface area contributed by atoms with E-state index in [0.717, 1.165) is 43.2 Å². The topological polar surface area (TPSA) is 43.1 Å². The molecule has 0 heterocycles. The molecule has 3 heteroatoms. The molecule has 0 spiro atoms. The molecule has 1 atom stereocenters. The van der Waals surface area contributed by atoms with Crippen molar-refractivity contribution in [3.63, 3.8) is 0 Å². The molecule has 0 bridgehead atoms. The maximum atomic E-state index is 14.9. The highest BCUT2D eigenvalue weighted by Gasteiger charge is 2.21. The van der Waals surface area contributed by atoms with Gasteiger partial charge >= 0.3 is 0 Å². The van der Waals surface area contributed by atoms with Crippen molar-refractivity contribution in [2.24, 2.45) is 5.73 Å². The minimum atomic E-state index is -0.713. The molecule has 24 heavy (non-hydrogen) atoms. The van der Waals surface area contributed by atoms with Gasteiger partial charge < -0.3 is 5.73 Å². The summed E-state index contributed by atoms with van der Waals surface area (Å²) in [6, 6.07) is 13.2. The molecule has 0 fully saturated rings. The zero-order valence-corrected chi connectivity index (χ0v) is 14.5. The average Bonchev–Trinajstić information content (AvgIpc) is 2.60. The predicted molar refractivity (Wildman–Crippen MR) is 97.5 cm³/mol. The van der Waals surface area contributed by atoms with E-state index in [2.05, 4.69) is 13.8 Å². The van der Waals surface area contributed by atoms with Gasteiger partial charge in [-0.25, -0.2) is 4.39 Å². The Kier molecular flexibility index (Phi) is 6.53. The molecule has 2 rings (SSSR count). The molecule has 2 N–H and O–H groups in total. The van der Waals surface area contributed by atoms with Crippen molar-refractivity contribution in [1.29, 1.82) is 0 Å². The number of amides is 1. The Morgan fingerprint density at radius 3 is 2.38 bits per heavy atom. The van der Waals surface area contributed by atoms with Gasteiger partial charge in [0.05, 0.1) is 5.56 Å². The van der Waals surface area contributed by atoms with Crippen LogP contribution in [0.25, 0.3) is 11.1 Å². The summed E-state index contributed by atoms with van der Waals surface area (Å²) in [6.07, 6.45) is 5.11. The highest BCUT2D eigenvalue weighted by atomic mass is 19.1. The SMILES string of the molecule is CCCCCC(CC)c1cc(-c2ccccc2)cc(C(N)=O)c1F. The summed E-state index contributed by atoms with van der Waals surface area (Å²) in [6.45, 7) is 4.22. The van der Waals surface area contributed by atoms with Crippen molar-refractivity contribution in [3.05, 3.63) is 59.4 Å². The van der Waals surface area contributed by atoms with E-state index in [-0.39, 0.29) is 11.5 Å². The van der Waals surface area contributed by atoms with E-state index in [0.29, 0.717) is 5.56 Å². The van der Waals surface area contributed by atoms with Crippen LogP contribution in [0.4, 0.5) is 4.39 Å². The number of carbonyl (C=O) groups is 1. The standard InChI is InChI=1S/C21H26FNO/c1-3-5-7-10-15(4-2)18-13-17(16-11-8-6-9-12-16)14-19(20(18)22)21(23)24/h6,8-9,11-15H,3-5,7,10H2,1-2H3,(H2,23,24). The van der Waals surface area contributed by atoms with Crippen LogP contribution in [0.3, 0.4) is 0 Å². The van der Waals surface area contributed by atoms with Gasteiger partial charge in [-0.05, 0) is 47.6 Å². The molecule has 0 radical (unpaired) electrons. The van der Waals surface area contributed by atoms with E-state index in [4.69, 9.17) is 5.73 Å². The summed E-state index contributed by atoms with van der Waals surface area (Å²) in [5, 5.41) is 0. The first kappa shape index (κ1) is 18.2. The quantitative estimate of drug-likeness (QED) is 0.624. The average molecular weight is 327 g/mol. The van der Waals surface area contributed by atoms with Gasteiger partial charge in [0.15, 0.2) is 0 Å². The third kappa shape index (κ3) is 4.22. The van der Waals surface area contributed by atoms with Gasteiger partial charge in [0.2, 0.25) is 0 Å². The Hall–Kier alpha value is -2.16. The van der Waals surface area contributed by atoms with Gasteiger partial charge in [0, 0.05) is 0 Å². The predicted octanol–water partition coefficient (Wildman–Crippen LogP) is 5.67. The van der Waals surface area contributed by atoms with Crippen LogP contribution in [0.1, 0.15) is 67.8 Å². The van der Waals surface area contributed by atoms with Gasteiger partial charge in [-0.1, -0.05) is 63.4 Å². The van der Waals surface area contributed by atoms with E-state index in [1.54, 1.807) is 6.07 Å². The van der Waals surface area contributed by atoms with E-state index in [1.807, 2.05) is 36.4 Å². The Balaban J connectivity index is 2.48. The van der Waals surface area contributed by atoms with E-state index >= 15 is 0 Å². The molecule has 0 saturated carbocycles. The summed E-state index contributed by atoms with van der Waals surface area (Å²) >= 11 is 0. The van der Waals surface area contributed by atoms with Crippen molar-refractivity contribution >= 4 is 5.91 Å². The Morgan fingerprint density at radius 2 is 1.79 bits per heavy atom. The molecule has 128 valence electrons. The first-order chi connectivity index (χ1) is 11.6. The Bertz CT molecular complexity index is 682. The van der Waals surface area contributed by atoms with Crippen LogP contribution in [0, 0.1) is 5.82 Å². The summed E-state index contributed by atoms with van der Waals surface area (Å²) in [5.41, 5.74) is 7.82. The second kappa shape index (κ2) is 8.62. The zero-order chi connectivity index (χ0) is 17.5. The largest absolute Gasteiger partial charge is 0.366 e. The number of rotatable bonds is 8. The maximum Gasteiger partial charge on any atom is 0.251 e. The molecule has 0 aliphatic heterocycles. The Labute approximate surface area is 143 Å². The van der Waals surface area contributed by atoms with Gasteiger partial charge in [0.25, 0.3) is 5.91 Å². The fourth-order valence-corrected chi connectivity index (χ4v) is 3.14. The zero-order valence-electron chi connectivity index (χ0n) is 14.5. The second-order valence-electron chi connectivity index (χ2n) is 6.26. The number of primary amides is 1. The van der Waals surface area contributed by atoms with Crippen LogP contribution in [-0.2, 0) is 0 Å². The monoisotopic (exact) mass is 327 g/mol. The molecular formula is C21H26FNO. The maximum absolute atomic E-state index is 14.9. The van der Waals surface area contributed by atoms with Gasteiger partial charge in [-0.2, -0.15) is 0 Å². The molecule has 0 aromatic heterocycles. The molecule has 2 aromatic rings. The third-order valence-electron chi connectivity index (χ3n) is 4.56. The van der Waals surface area contributed by atoms with E-state index in [1.165, 1.54) is 0 Å². The normalized spacial score (nSPS) is 12.1. The van der Waals surface area contributed by atoms with Crippen molar-refractivity contribution in [2.45, 2.75) is 51.9 Å². The molecule has 1 amide bonds. The van der Waals surface area contributed by atoms with Crippen molar-refractivity contribution < 1.29 is 9.18 Å². The minimum absolute atomic E-state index is 0.0136. The van der Waals surface area contributed by atoms with E-state index in [9.17, 15) is 9.18 Å². The van der Waals surface area contributed by atoms with Gasteiger partial charge in [0.1, 0.15) is 5.82 Å². The number of halogens is 1. The number of nitrogens with two attached hydrogens (primary N) is 1. The molecular weight excluding hydrogens is 301 g/mol. The number of hydrogen-bond acceptors (Lipinski definition) is 1. The number of carbonyl (C=O) groups excluding carboxylic acids is 1. The van der Waals surface area contributed by atoms with E-state index < -0.39 is 11.7 Å². The lowest BCUT2D eigenvalue weighted by atomic mass is 9.87. The van der Waals surface area contributed by atoms with Crippen LogP contribution in [-0.4, -0.2) is 5.91 Å². The smallest absolute Gasteiger partial charge is 0.251 e. The van der Waals surface area contributed by atoms with Crippen molar-refractivity contribution in [1.82, 2.24) is 0 Å². The van der Waals surface area contributed by atoms with Gasteiger partial charge in [-0.3, -0.25) is 4.79 Å². The van der Waals surface area contributed by atoms with Crippen LogP contribution < -0.4 is 5.73 Å². The third-order valence-corrected chi connectivity index (χ3v) is 4.56. The Morgan fingerprint density at radius 1 is 1.08 bits per heavy atom. The molecule has 2 aromatic carbocycles. The first-order valence-corrected chi connectivity index (χ1v) is 8.77. The summed E-state index contributed by atoms with van der Waals surface area (Å²) in [4.78, 5) is 11.7. The molecule has 1 unspecified atom stereocenters. The first-order valence-electron chi connectivity index (χ1n) is 8.77. The summed E-state index contributed by atoms with van der Waals surface area (Å²) in [5.74, 6) is -1.06. The molecule has 0 aliphatic carbocycles. The highest BCUT2D eigenvalue weighted by Crippen LogP contribution is 2.33. The molecule has 0 saturated heterocycles. The number of hydrogen-bond donors (Lipinski definition) is 1. The lowest BCUT2D eigenvalue weighted by Crippen LogP contribution is -2.16. The summed E-state index contributed by atoms with van der Waals surface area (Å²) in [7, 11) is 0. The lowest BCUT2D eigenvalue weighted by Gasteiger charge is -2.19. The van der Waals surface area contributed by atoms with Crippen LogP contribution in [0.2, 0.25) is 0 Å². The minimum Gasteiger partial charge on any atom is -0.366 e. The van der Waals surface area contributed by atoms with Crippen LogP contribution >= 0.6 is 0 Å². The fraction of sp³-hybridized carbons (Fsp3) is 0.381. The molecule has 0 aliphatic rings. The molecule has 2 nitrogen and oxygen atoms in total. The van der Waals surface area contributed by atoms with Gasteiger partial charge in [-0.15, -0.1) is 0 Å². The lowest BCUT2D eigenvalue weighted by molar-refractivity contribution is 0.0996. The van der Waals surface area contributed by atoms with Crippen molar-refractivity contribution in [2.75, 3.05) is 0 Å². The summed E-state index contributed by atoms with van der Waals surface area (Å²) < 4.78 is 14.9. The highest BCUT2D eigenvalue weighted by molar-refractivity contribution is 5.94. The van der Waals surface area contributed by atoms with Crippen molar-refractivity contribution in [3.8, 4) is 11.1 Å². The fourth-order valence-electron chi connectivity index (χ4n) is 3.14. The number of unbranched alkanes of at least 4 members (excludes halogenated alkanes) is 2. The second-order valence-corrected chi connectivity index (χ2v) is 6.26. The number of benzene rings is 2. The van der Waals surface area contributed by atoms with Crippen LogP contribution in [0.15, 0.2) is 42.5 Å². The van der Waals surface area contributed by atoms with Crippen LogP contribution in [0.5, 0.6) is 0 Å².